The summed E-state index contributed by atoms with van der Waals surface area (Å²) in [5.74, 6) is 2.01. The maximum Gasteiger partial charge on any atom is 0.251 e. The lowest BCUT2D eigenvalue weighted by molar-refractivity contribution is 0.0913. The molecule has 1 aliphatic heterocycles. The zero-order valence-electron chi connectivity index (χ0n) is 16.3. The first kappa shape index (κ1) is 19.3. The molecule has 27 heavy (non-hydrogen) atoms. The fourth-order valence-corrected chi connectivity index (χ4v) is 3.63. The largest absolute Gasteiger partial charge is 0.496 e. The lowest BCUT2D eigenvalue weighted by Crippen LogP contribution is -2.40. The van der Waals surface area contributed by atoms with Crippen molar-refractivity contribution < 1.29 is 18.7 Å². The monoisotopic (exact) mass is 372 g/mol. The van der Waals surface area contributed by atoms with Gasteiger partial charge in [-0.15, -0.1) is 0 Å². The average Bonchev–Trinajstić information content (AvgIpc) is 3.23. The van der Waals surface area contributed by atoms with Gasteiger partial charge in [-0.2, -0.15) is 0 Å². The van der Waals surface area contributed by atoms with Crippen LogP contribution < -0.4 is 14.8 Å². The molecule has 6 heteroatoms. The van der Waals surface area contributed by atoms with Crippen molar-refractivity contribution in [2.75, 3.05) is 33.9 Å². The minimum Gasteiger partial charge on any atom is -0.496 e. The van der Waals surface area contributed by atoms with Gasteiger partial charge in [0.05, 0.1) is 26.5 Å². The lowest BCUT2D eigenvalue weighted by Gasteiger charge is -2.33. The molecule has 3 rings (SSSR count). The van der Waals surface area contributed by atoms with Crippen molar-refractivity contribution in [3.05, 3.63) is 47.4 Å². The van der Waals surface area contributed by atoms with Crippen molar-refractivity contribution in [3.63, 3.8) is 0 Å². The number of nitrogens with zero attached hydrogens (tertiary/aromatic N) is 1. The SMILES string of the molecule is COc1cc(C(=O)NCC(c2ccco2)N2CCCCC2)cc(OC)c1C. The Bertz CT molecular complexity index is 727. The van der Waals surface area contributed by atoms with Gasteiger partial charge < -0.3 is 19.2 Å². The molecule has 0 spiro atoms. The molecule has 1 N–H and O–H groups in total. The number of rotatable bonds is 7. The van der Waals surface area contributed by atoms with E-state index in [-0.39, 0.29) is 11.9 Å². The van der Waals surface area contributed by atoms with E-state index < -0.39 is 0 Å². The topological polar surface area (TPSA) is 63.9 Å². The van der Waals surface area contributed by atoms with Crippen molar-refractivity contribution in [3.8, 4) is 11.5 Å². The Morgan fingerprint density at radius 3 is 2.41 bits per heavy atom. The van der Waals surface area contributed by atoms with Crippen molar-refractivity contribution in [2.24, 2.45) is 0 Å². The van der Waals surface area contributed by atoms with Gasteiger partial charge in [-0.05, 0) is 57.1 Å². The molecule has 1 aromatic carbocycles. The fourth-order valence-electron chi connectivity index (χ4n) is 3.63. The highest BCUT2D eigenvalue weighted by Crippen LogP contribution is 2.30. The Labute approximate surface area is 160 Å². The lowest BCUT2D eigenvalue weighted by atomic mass is 10.1. The number of ether oxygens (including phenoxy) is 2. The normalized spacial score (nSPS) is 16.0. The van der Waals surface area contributed by atoms with Crippen LogP contribution in [-0.2, 0) is 0 Å². The summed E-state index contributed by atoms with van der Waals surface area (Å²) in [7, 11) is 3.18. The molecule has 146 valence electrons. The van der Waals surface area contributed by atoms with Gasteiger partial charge in [0.15, 0.2) is 0 Å². The third-order valence-electron chi connectivity index (χ3n) is 5.17. The number of likely N-dealkylation sites (tertiary alicyclic amines) is 1. The molecular formula is C21H28N2O4. The number of methoxy groups -OCH3 is 2. The van der Waals surface area contributed by atoms with Gasteiger partial charge in [-0.3, -0.25) is 9.69 Å². The summed E-state index contributed by atoms with van der Waals surface area (Å²) in [6.45, 7) is 4.44. The van der Waals surface area contributed by atoms with E-state index in [9.17, 15) is 4.79 Å². The quantitative estimate of drug-likeness (QED) is 0.805. The van der Waals surface area contributed by atoms with Crippen LogP contribution in [0.2, 0.25) is 0 Å². The molecule has 1 aliphatic rings. The molecular weight excluding hydrogens is 344 g/mol. The molecule has 6 nitrogen and oxygen atoms in total. The van der Waals surface area contributed by atoms with Gasteiger partial charge in [-0.1, -0.05) is 6.42 Å². The highest BCUT2D eigenvalue weighted by atomic mass is 16.5. The molecule has 1 aromatic heterocycles. The summed E-state index contributed by atoms with van der Waals surface area (Å²) in [5, 5.41) is 3.06. The van der Waals surface area contributed by atoms with Crippen LogP contribution in [0.5, 0.6) is 11.5 Å². The first-order chi connectivity index (χ1) is 13.1. The zero-order chi connectivity index (χ0) is 19.2. The smallest absolute Gasteiger partial charge is 0.251 e. The molecule has 1 fully saturated rings. The van der Waals surface area contributed by atoms with E-state index in [1.165, 1.54) is 19.3 Å². The standard InChI is InChI=1S/C21H28N2O4/c1-15-19(25-2)12-16(13-20(15)26-3)21(24)22-14-17(18-8-7-11-27-18)23-9-5-4-6-10-23/h7-8,11-13,17H,4-6,9-10,14H2,1-3H3,(H,22,24). The van der Waals surface area contributed by atoms with Gasteiger partial charge in [0.1, 0.15) is 17.3 Å². The van der Waals surface area contributed by atoms with Crippen molar-refractivity contribution >= 4 is 5.91 Å². The van der Waals surface area contributed by atoms with Crippen LogP contribution in [0.3, 0.4) is 0 Å². The molecule has 0 radical (unpaired) electrons. The predicted molar refractivity (Wildman–Crippen MR) is 103 cm³/mol. The fraction of sp³-hybridized carbons (Fsp3) is 0.476. The van der Waals surface area contributed by atoms with Gasteiger partial charge in [0, 0.05) is 17.7 Å². The van der Waals surface area contributed by atoms with Crippen LogP contribution in [0.1, 0.15) is 47.0 Å². The van der Waals surface area contributed by atoms with Crippen LogP contribution >= 0.6 is 0 Å². The molecule has 0 bridgehead atoms. The Kier molecular flexibility index (Phi) is 6.40. The molecule has 2 heterocycles. The van der Waals surface area contributed by atoms with Gasteiger partial charge >= 0.3 is 0 Å². The van der Waals surface area contributed by atoms with Gasteiger partial charge in [0.25, 0.3) is 5.91 Å². The van der Waals surface area contributed by atoms with Crippen molar-refractivity contribution in [1.82, 2.24) is 10.2 Å². The second-order valence-corrected chi connectivity index (χ2v) is 6.84. The Hall–Kier alpha value is -2.47. The van der Waals surface area contributed by atoms with Gasteiger partial charge in [0.2, 0.25) is 0 Å². The Morgan fingerprint density at radius 1 is 1.19 bits per heavy atom. The summed E-state index contributed by atoms with van der Waals surface area (Å²) in [5.41, 5.74) is 1.39. The van der Waals surface area contributed by atoms with Crippen LogP contribution in [0.15, 0.2) is 34.9 Å². The van der Waals surface area contributed by atoms with E-state index in [0.29, 0.717) is 23.6 Å². The molecule has 1 unspecified atom stereocenters. The number of hydrogen-bond acceptors (Lipinski definition) is 5. The summed E-state index contributed by atoms with van der Waals surface area (Å²) in [6.07, 6.45) is 5.30. The summed E-state index contributed by atoms with van der Waals surface area (Å²) in [4.78, 5) is 15.2. The predicted octanol–water partition coefficient (Wildman–Crippen LogP) is 3.56. The first-order valence-corrected chi connectivity index (χ1v) is 9.42. The number of carbonyl (C=O) groups is 1. The second-order valence-electron chi connectivity index (χ2n) is 6.84. The summed E-state index contributed by atoms with van der Waals surface area (Å²) >= 11 is 0. The number of benzene rings is 1. The van der Waals surface area contributed by atoms with Gasteiger partial charge in [-0.25, -0.2) is 0 Å². The molecule has 0 aliphatic carbocycles. The molecule has 1 amide bonds. The van der Waals surface area contributed by atoms with Crippen molar-refractivity contribution in [1.29, 1.82) is 0 Å². The van der Waals surface area contributed by atoms with Crippen LogP contribution in [-0.4, -0.2) is 44.7 Å². The zero-order valence-corrected chi connectivity index (χ0v) is 16.3. The average molecular weight is 372 g/mol. The number of amides is 1. The molecule has 2 aromatic rings. The van der Waals surface area contributed by atoms with E-state index in [4.69, 9.17) is 13.9 Å². The van der Waals surface area contributed by atoms with Crippen LogP contribution in [0.25, 0.3) is 0 Å². The maximum absolute atomic E-state index is 12.8. The van der Waals surface area contributed by atoms with Crippen LogP contribution in [0.4, 0.5) is 0 Å². The third kappa shape index (κ3) is 4.45. The van der Waals surface area contributed by atoms with E-state index in [1.54, 1.807) is 32.6 Å². The summed E-state index contributed by atoms with van der Waals surface area (Å²) in [6, 6.07) is 7.40. The minimum atomic E-state index is -0.153. The van der Waals surface area contributed by atoms with E-state index in [1.807, 2.05) is 19.1 Å². The minimum absolute atomic E-state index is 0.0403. The maximum atomic E-state index is 12.8. The Morgan fingerprint density at radius 2 is 1.85 bits per heavy atom. The second kappa shape index (κ2) is 8.95. The highest BCUT2D eigenvalue weighted by Gasteiger charge is 2.25. The molecule has 1 saturated heterocycles. The summed E-state index contributed by atoms with van der Waals surface area (Å²) < 4.78 is 16.4. The molecule has 1 atom stereocenters. The highest BCUT2D eigenvalue weighted by molar-refractivity contribution is 5.95. The Balaban J connectivity index is 1.74. The number of furan rings is 1. The number of nitrogens with one attached hydrogen (secondary N) is 1. The van der Waals surface area contributed by atoms with E-state index >= 15 is 0 Å². The molecule has 0 saturated carbocycles. The number of piperidine rings is 1. The van der Waals surface area contributed by atoms with E-state index in [0.717, 1.165) is 24.4 Å². The van der Waals surface area contributed by atoms with E-state index in [2.05, 4.69) is 10.2 Å². The van der Waals surface area contributed by atoms with Crippen molar-refractivity contribution in [2.45, 2.75) is 32.2 Å². The van der Waals surface area contributed by atoms with Crippen LogP contribution in [0, 0.1) is 6.92 Å². The number of carbonyl (C=O) groups excluding carboxylic acids is 1. The third-order valence-corrected chi connectivity index (χ3v) is 5.17. The first-order valence-electron chi connectivity index (χ1n) is 9.42. The number of hydrogen-bond donors (Lipinski definition) is 1.